The van der Waals surface area contributed by atoms with Gasteiger partial charge in [0.05, 0.1) is 6.42 Å². The fraction of sp³-hybridized carbons (Fsp3) is 0.800. The Kier molecular flexibility index (Phi) is 4.77. The van der Waals surface area contributed by atoms with Crippen molar-refractivity contribution in [1.82, 2.24) is 4.90 Å². The summed E-state index contributed by atoms with van der Waals surface area (Å²) >= 11 is 0. The zero-order valence-corrected chi connectivity index (χ0v) is 10.7. The first-order valence-electron chi connectivity index (χ1n) is 5.00. The molecule has 1 radical (unpaired) electrons. The molecule has 0 aliphatic carbocycles. The summed E-state index contributed by atoms with van der Waals surface area (Å²) in [6.07, 6.45) is 3.15. The average Bonchev–Trinajstić information content (AvgIpc) is 2.20. The van der Waals surface area contributed by atoms with Gasteiger partial charge in [0.25, 0.3) is 0 Å². The van der Waals surface area contributed by atoms with E-state index < -0.39 is 0 Å². The molecule has 0 saturated carbocycles. The second kappa shape index (κ2) is 5.40. The number of hydrogen-bond donors (Lipinski definition) is 0. The summed E-state index contributed by atoms with van der Waals surface area (Å²) in [7, 11) is 0. The zero-order valence-electron chi connectivity index (χ0n) is 8.74. The number of fused-ring (bicyclic) bond motifs is 3. The quantitative estimate of drug-likeness (QED) is 0.372. The van der Waals surface area contributed by atoms with E-state index in [1.54, 1.807) is 0 Å². The molecule has 3 heterocycles. The van der Waals surface area contributed by atoms with Gasteiger partial charge >= 0.3 is 0 Å². The van der Waals surface area contributed by atoms with E-state index in [0.29, 0.717) is 5.92 Å². The number of Topliss-reactive ketones (excluding diaryl/α,β-unsaturated/α-hetero) is 1. The Labute approximate surface area is 107 Å². The smallest absolute Gasteiger partial charge is 0.144 e. The minimum atomic E-state index is 0. The molecule has 4 heteroatoms. The molecule has 0 N–H and O–H groups in total. The molecule has 14 heavy (non-hydrogen) atoms. The van der Waals surface area contributed by atoms with E-state index in [4.69, 9.17) is 0 Å². The molecule has 0 aromatic heterocycles. The molecule has 3 fully saturated rings. The molecule has 0 amide bonds. The van der Waals surface area contributed by atoms with Crippen LogP contribution in [0.25, 0.3) is 0 Å². The van der Waals surface area contributed by atoms with Crippen molar-refractivity contribution < 1.29 is 9.59 Å². The van der Waals surface area contributed by atoms with Crippen LogP contribution in [0.3, 0.4) is 0 Å². The van der Waals surface area contributed by atoms with Gasteiger partial charge in [-0.25, -0.2) is 0 Å². The van der Waals surface area contributed by atoms with Crippen LogP contribution in [0.4, 0.5) is 0 Å². The topological polar surface area (TPSA) is 37.4 Å². The van der Waals surface area contributed by atoms with E-state index in [2.05, 4.69) is 4.90 Å². The normalized spacial score (nSPS) is 34.7. The van der Waals surface area contributed by atoms with Crippen LogP contribution in [0, 0.1) is 11.8 Å². The number of carbonyl (C=O) groups is 2. The van der Waals surface area contributed by atoms with Crippen LogP contribution >= 0.6 is 0 Å². The van der Waals surface area contributed by atoms with Crippen LogP contribution in [-0.2, 0) is 9.59 Å². The molecule has 3 saturated heterocycles. The summed E-state index contributed by atoms with van der Waals surface area (Å²) in [4.78, 5) is 24.1. The molecule has 3 rings (SSSR count). The number of hydrogen-bond acceptors (Lipinski definition) is 3. The summed E-state index contributed by atoms with van der Waals surface area (Å²) < 4.78 is 0. The van der Waals surface area contributed by atoms with Crippen LogP contribution in [0.1, 0.15) is 19.3 Å². The average molecular weight is 204 g/mol. The van der Waals surface area contributed by atoms with E-state index in [1.165, 1.54) is 0 Å². The molecule has 3 aliphatic rings. The van der Waals surface area contributed by atoms with Crippen LogP contribution in [0.2, 0.25) is 0 Å². The van der Waals surface area contributed by atoms with Crippen LogP contribution in [0.15, 0.2) is 0 Å². The summed E-state index contributed by atoms with van der Waals surface area (Å²) in [5.41, 5.74) is 0. The third kappa shape index (κ3) is 2.45. The Bertz CT molecular complexity index is 224. The van der Waals surface area contributed by atoms with Crippen molar-refractivity contribution >= 4 is 41.6 Å². The monoisotopic (exact) mass is 204 g/mol. The van der Waals surface area contributed by atoms with Crippen LogP contribution in [0.5, 0.6) is 0 Å². The SMILES string of the molecule is O=CCC(=O)C1CN2CCC1CC2.[Na]. The van der Waals surface area contributed by atoms with Gasteiger partial charge in [0.15, 0.2) is 0 Å². The van der Waals surface area contributed by atoms with Crippen molar-refractivity contribution in [2.45, 2.75) is 19.3 Å². The number of piperidine rings is 3. The van der Waals surface area contributed by atoms with E-state index in [-0.39, 0.29) is 47.7 Å². The molecule has 3 nitrogen and oxygen atoms in total. The number of carbonyl (C=O) groups excluding carboxylic acids is 2. The largest absolute Gasteiger partial charge is 0.303 e. The summed E-state index contributed by atoms with van der Waals surface area (Å²) in [6.45, 7) is 3.20. The Hall–Kier alpha value is 0.300. The van der Waals surface area contributed by atoms with Gasteiger partial charge in [-0.2, -0.15) is 0 Å². The molecule has 1 atom stereocenters. The molecular formula is C10H15NNaO2. The maximum atomic E-state index is 11.5. The molecule has 0 aromatic rings. The first-order chi connectivity index (χ1) is 6.31. The maximum Gasteiger partial charge on any atom is 0.144 e. The Morgan fingerprint density at radius 3 is 2.43 bits per heavy atom. The van der Waals surface area contributed by atoms with Crippen molar-refractivity contribution in [2.75, 3.05) is 19.6 Å². The fourth-order valence-corrected chi connectivity index (χ4v) is 2.56. The third-order valence-electron chi connectivity index (χ3n) is 3.35. The summed E-state index contributed by atoms with van der Waals surface area (Å²) in [5, 5.41) is 0. The van der Waals surface area contributed by atoms with Crippen molar-refractivity contribution in [1.29, 1.82) is 0 Å². The standard InChI is InChI=1S/C10H15NO2.Na/c12-6-3-10(13)9-7-11-4-1-8(9)2-5-11;/h6,8-9H,1-5,7H2;. The summed E-state index contributed by atoms with van der Waals surface area (Å²) in [5.74, 6) is 0.884. The minimum absolute atomic E-state index is 0. The Morgan fingerprint density at radius 2 is 2.00 bits per heavy atom. The number of nitrogens with zero attached hydrogens (tertiary/aromatic N) is 1. The maximum absolute atomic E-state index is 11.5. The summed E-state index contributed by atoms with van der Waals surface area (Å²) in [6, 6.07) is 0. The van der Waals surface area contributed by atoms with E-state index >= 15 is 0 Å². The van der Waals surface area contributed by atoms with Crippen LogP contribution in [-0.4, -0.2) is 66.2 Å². The number of rotatable bonds is 3. The first kappa shape index (κ1) is 12.4. The van der Waals surface area contributed by atoms with E-state index in [0.717, 1.165) is 38.8 Å². The molecular weight excluding hydrogens is 189 g/mol. The Morgan fingerprint density at radius 1 is 1.36 bits per heavy atom. The van der Waals surface area contributed by atoms with Gasteiger partial charge in [0.1, 0.15) is 12.1 Å². The number of aldehydes is 1. The minimum Gasteiger partial charge on any atom is -0.303 e. The second-order valence-corrected chi connectivity index (χ2v) is 4.08. The van der Waals surface area contributed by atoms with Crippen molar-refractivity contribution in [3.8, 4) is 0 Å². The van der Waals surface area contributed by atoms with E-state index in [9.17, 15) is 9.59 Å². The number of ketones is 1. The molecule has 1 unspecified atom stereocenters. The molecule has 2 bridgehead atoms. The van der Waals surface area contributed by atoms with Crippen molar-refractivity contribution in [3.63, 3.8) is 0 Å². The second-order valence-electron chi connectivity index (χ2n) is 4.08. The van der Waals surface area contributed by atoms with Gasteiger partial charge < -0.3 is 9.69 Å². The molecule has 3 aliphatic heterocycles. The zero-order chi connectivity index (χ0) is 9.26. The Balaban J connectivity index is 0.000000980. The predicted molar refractivity (Wildman–Crippen MR) is 54.1 cm³/mol. The van der Waals surface area contributed by atoms with E-state index in [1.807, 2.05) is 0 Å². The van der Waals surface area contributed by atoms with Crippen molar-refractivity contribution in [2.24, 2.45) is 11.8 Å². The van der Waals surface area contributed by atoms with Gasteiger partial charge in [0, 0.05) is 42.0 Å². The molecule has 0 spiro atoms. The van der Waals surface area contributed by atoms with Gasteiger partial charge in [-0.1, -0.05) is 0 Å². The van der Waals surface area contributed by atoms with Gasteiger partial charge in [-0.15, -0.1) is 0 Å². The van der Waals surface area contributed by atoms with Gasteiger partial charge in [0.2, 0.25) is 0 Å². The molecule has 0 aromatic carbocycles. The fourth-order valence-electron chi connectivity index (χ4n) is 2.56. The molecule has 73 valence electrons. The predicted octanol–water partition coefficient (Wildman–Crippen LogP) is 0.105. The third-order valence-corrected chi connectivity index (χ3v) is 3.35. The van der Waals surface area contributed by atoms with Gasteiger partial charge in [-0.3, -0.25) is 4.79 Å². The first-order valence-corrected chi connectivity index (χ1v) is 5.00. The van der Waals surface area contributed by atoms with Gasteiger partial charge in [-0.05, 0) is 31.8 Å². The van der Waals surface area contributed by atoms with Crippen molar-refractivity contribution in [3.05, 3.63) is 0 Å². The van der Waals surface area contributed by atoms with Crippen LogP contribution < -0.4 is 0 Å².